The predicted molar refractivity (Wildman–Crippen MR) is 85.8 cm³/mol. The zero-order valence-electron chi connectivity index (χ0n) is 13.5. The van der Waals surface area contributed by atoms with Crippen LogP contribution in [0.5, 0.6) is 0 Å². The molecule has 1 saturated carbocycles. The van der Waals surface area contributed by atoms with Crippen LogP contribution in [0.4, 0.5) is 5.69 Å². The van der Waals surface area contributed by atoms with Crippen LogP contribution in [0.15, 0.2) is 30.3 Å². The van der Waals surface area contributed by atoms with E-state index < -0.39 is 0 Å². The zero-order chi connectivity index (χ0) is 15.2. The molecule has 21 heavy (non-hydrogen) atoms. The number of carbonyl (C=O) groups is 1. The molecule has 3 unspecified atom stereocenters. The highest BCUT2D eigenvalue weighted by Crippen LogP contribution is 2.49. The minimum atomic E-state index is -0.0160. The normalized spacial score (nSPS) is 31.1. The molecule has 0 bridgehead atoms. The Hall–Kier alpha value is -1.51. The quantitative estimate of drug-likeness (QED) is 0.783. The number of carbonyl (C=O) groups excluding carboxylic acids is 1. The second kappa shape index (κ2) is 5.04. The van der Waals surface area contributed by atoms with E-state index >= 15 is 0 Å². The lowest BCUT2D eigenvalue weighted by Crippen LogP contribution is -2.50. The molecule has 1 aromatic carbocycles. The lowest BCUT2D eigenvalue weighted by Gasteiger charge is -2.40. The van der Waals surface area contributed by atoms with Gasteiger partial charge in [-0.25, -0.2) is 0 Å². The van der Waals surface area contributed by atoms with Gasteiger partial charge < -0.3 is 0 Å². The number of hydrogen-bond donors (Lipinski definition) is 0. The van der Waals surface area contributed by atoms with Gasteiger partial charge in [0.05, 0.1) is 17.3 Å². The third-order valence-electron chi connectivity index (χ3n) is 5.39. The Morgan fingerprint density at radius 1 is 1.19 bits per heavy atom. The van der Waals surface area contributed by atoms with Crippen molar-refractivity contribution in [1.82, 2.24) is 5.01 Å². The maximum atomic E-state index is 12.4. The van der Waals surface area contributed by atoms with Crippen LogP contribution in [-0.4, -0.2) is 22.5 Å². The van der Waals surface area contributed by atoms with Crippen molar-refractivity contribution in [2.24, 2.45) is 11.8 Å². The maximum absolute atomic E-state index is 12.4. The Labute approximate surface area is 127 Å². The van der Waals surface area contributed by atoms with Crippen molar-refractivity contribution in [1.29, 1.82) is 0 Å². The van der Waals surface area contributed by atoms with Crippen molar-refractivity contribution in [3.05, 3.63) is 30.3 Å². The molecule has 1 aromatic rings. The highest BCUT2D eigenvalue weighted by Gasteiger charge is 2.55. The summed E-state index contributed by atoms with van der Waals surface area (Å²) < 4.78 is 0. The molecule has 1 amide bonds. The van der Waals surface area contributed by atoms with E-state index in [4.69, 9.17) is 0 Å². The van der Waals surface area contributed by atoms with Crippen LogP contribution in [0.2, 0.25) is 0 Å². The van der Waals surface area contributed by atoms with Crippen LogP contribution in [0.25, 0.3) is 0 Å². The van der Waals surface area contributed by atoms with E-state index in [0.717, 1.165) is 12.1 Å². The number of hydrogen-bond acceptors (Lipinski definition) is 2. The number of fused-ring (bicyclic) bond motifs is 1. The van der Waals surface area contributed by atoms with Crippen molar-refractivity contribution in [3.8, 4) is 0 Å². The Kier molecular flexibility index (Phi) is 3.46. The summed E-state index contributed by atoms with van der Waals surface area (Å²) in [6, 6.07) is 10.7. The van der Waals surface area contributed by atoms with E-state index in [1.165, 1.54) is 12.8 Å². The standard InChI is InChI=1S/C18H26N2O/c1-13-10-11-16-17(12-13)19(14(2)21)20(18(16,3)4)15-8-6-5-7-9-15/h5-9,13,16-17H,10-12H2,1-4H3. The van der Waals surface area contributed by atoms with Gasteiger partial charge in [0.1, 0.15) is 0 Å². The summed E-state index contributed by atoms with van der Waals surface area (Å²) in [5.74, 6) is 1.42. The van der Waals surface area contributed by atoms with Gasteiger partial charge in [0.25, 0.3) is 0 Å². The number of hydrazine groups is 1. The average molecular weight is 286 g/mol. The highest BCUT2D eigenvalue weighted by molar-refractivity contribution is 5.77. The van der Waals surface area contributed by atoms with Crippen LogP contribution < -0.4 is 5.01 Å². The molecule has 2 fully saturated rings. The molecule has 0 radical (unpaired) electrons. The SMILES string of the molecule is CC(=O)N1C2CC(C)CCC2C(C)(C)N1c1ccccc1. The number of amides is 1. The first kappa shape index (κ1) is 14.4. The lowest BCUT2D eigenvalue weighted by atomic mass is 9.72. The molecule has 3 rings (SSSR count). The molecule has 3 atom stereocenters. The maximum Gasteiger partial charge on any atom is 0.238 e. The fraction of sp³-hybridized carbons (Fsp3) is 0.611. The van der Waals surface area contributed by atoms with Crippen LogP contribution in [0.1, 0.15) is 47.0 Å². The van der Waals surface area contributed by atoms with Crippen molar-refractivity contribution < 1.29 is 4.79 Å². The minimum absolute atomic E-state index is 0.0160. The number of nitrogens with zero attached hydrogens (tertiary/aromatic N) is 2. The number of anilines is 1. The number of para-hydroxylation sites is 1. The Bertz CT molecular complexity index is 525. The summed E-state index contributed by atoms with van der Waals surface area (Å²) in [4.78, 5) is 12.4. The van der Waals surface area contributed by atoms with Gasteiger partial charge in [-0.1, -0.05) is 31.5 Å². The van der Waals surface area contributed by atoms with E-state index in [0.29, 0.717) is 17.9 Å². The number of rotatable bonds is 1. The largest absolute Gasteiger partial charge is 0.277 e. The Balaban J connectivity index is 2.06. The molecule has 0 aromatic heterocycles. The highest BCUT2D eigenvalue weighted by atomic mass is 16.2. The van der Waals surface area contributed by atoms with Gasteiger partial charge in [-0.2, -0.15) is 0 Å². The zero-order valence-corrected chi connectivity index (χ0v) is 13.5. The van der Waals surface area contributed by atoms with Gasteiger partial charge in [-0.05, 0) is 44.7 Å². The molecule has 1 aliphatic carbocycles. The predicted octanol–water partition coefficient (Wildman–Crippen LogP) is 3.85. The first-order valence-corrected chi connectivity index (χ1v) is 8.08. The molecule has 1 saturated heterocycles. The molecule has 3 heteroatoms. The monoisotopic (exact) mass is 286 g/mol. The fourth-order valence-electron chi connectivity index (χ4n) is 4.43. The van der Waals surface area contributed by atoms with Crippen molar-refractivity contribution in [2.75, 3.05) is 5.01 Å². The average Bonchev–Trinajstić information content (AvgIpc) is 2.67. The minimum Gasteiger partial charge on any atom is -0.277 e. The van der Waals surface area contributed by atoms with Crippen molar-refractivity contribution in [3.63, 3.8) is 0 Å². The van der Waals surface area contributed by atoms with Gasteiger partial charge >= 0.3 is 0 Å². The number of benzene rings is 1. The first-order chi connectivity index (χ1) is 9.93. The molecular weight excluding hydrogens is 260 g/mol. The Morgan fingerprint density at radius 2 is 1.86 bits per heavy atom. The molecule has 114 valence electrons. The molecule has 1 aliphatic heterocycles. The summed E-state index contributed by atoms with van der Waals surface area (Å²) in [5, 5.41) is 4.29. The summed E-state index contributed by atoms with van der Waals surface area (Å²) >= 11 is 0. The van der Waals surface area contributed by atoms with E-state index in [9.17, 15) is 4.79 Å². The smallest absolute Gasteiger partial charge is 0.238 e. The van der Waals surface area contributed by atoms with Crippen LogP contribution in [-0.2, 0) is 4.79 Å². The third-order valence-corrected chi connectivity index (χ3v) is 5.39. The summed E-state index contributed by atoms with van der Waals surface area (Å²) in [6.07, 6.45) is 3.61. The van der Waals surface area contributed by atoms with Gasteiger partial charge in [-0.3, -0.25) is 14.8 Å². The van der Waals surface area contributed by atoms with Crippen molar-refractivity contribution >= 4 is 11.6 Å². The first-order valence-electron chi connectivity index (χ1n) is 8.08. The van der Waals surface area contributed by atoms with E-state index in [1.54, 1.807) is 6.92 Å². The molecule has 2 aliphatic rings. The molecular formula is C18H26N2O. The van der Waals surface area contributed by atoms with Gasteiger partial charge in [0, 0.05) is 12.8 Å². The lowest BCUT2D eigenvalue weighted by molar-refractivity contribution is -0.131. The van der Waals surface area contributed by atoms with Crippen molar-refractivity contribution in [2.45, 2.75) is 58.5 Å². The fourth-order valence-corrected chi connectivity index (χ4v) is 4.43. The molecule has 3 nitrogen and oxygen atoms in total. The molecule has 0 N–H and O–H groups in total. The summed E-state index contributed by atoms with van der Waals surface area (Å²) in [6.45, 7) is 8.59. The second-order valence-electron chi connectivity index (χ2n) is 7.26. The van der Waals surface area contributed by atoms with E-state index in [2.05, 4.69) is 37.9 Å². The summed E-state index contributed by atoms with van der Waals surface area (Å²) in [5.41, 5.74) is 1.11. The Morgan fingerprint density at radius 3 is 2.48 bits per heavy atom. The van der Waals surface area contributed by atoms with Crippen LogP contribution >= 0.6 is 0 Å². The van der Waals surface area contributed by atoms with Crippen LogP contribution in [0, 0.1) is 11.8 Å². The van der Waals surface area contributed by atoms with E-state index in [1.807, 2.05) is 23.2 Å². The molecule has 1 heterocycles. The topological polar surface area (TPSA) is 23.6 Å². The molecule has 0 spiro atoms. The summed E-state index contributed by atoms with van der Waals surface area (Å²) in [7, 11) is 0. The van der Waals surface area contributed by atoms with Gasteiger partial charge in [0.2, 0.25) is 5.91 Å². The van der Waals surface area contributed by atoms with Gasteiger partial charge in [0.15, 0.2) is 0 Å². The van der Waals surface area contributed by atoms with E-state index in [-0.39, 0.29) is 11.4 Å². The van der Waals surface area contributed by atoms with Crippen LogP contribution in [0.3, 0.4) is 0 Å². The second-order valence-corrected chi connectivity index (χ2v) is 7.26. The third kappa shape index (κ3) is 2.23. The van der Waals surface area contributed by atoms with Gasteiger partial charge in [-0.15, -0.1) is 0 Å².